The molecule has 2 heterocycles. The van der Waals surface area contributed by atoms with E-state index in [1.54, 1.807) is 11.3 Å². The van der Waals surface area contributed by atoms with E-state index >= 15 is 0 Å². The van der Waals surface area contributed by atoms with Crippen molar-refractivity contribution in [2.24, 2.45) is 11.3 Å². The summed E-state index contributed by atoms with van der Waals surface area (Å²) in [4.78, 5) is 14.5. The zero-order chi connectivity index (χ0) is 20.8. The second-order valence-corrected chi connectivity index (χ2v) is 10.7. The Balaban J connectivity index is 1.65. The number of halogens is 1. The third-order valence-corrected chi connectivity index (χ3v) is 8.32. The van der Waals surface area contributed by atoms with Crippen LogP contribution in [0.25, 0.3) is 0 Å². The lowest BCUT2D eigenvalue weighted by atomic mass is 9.69. The average Bonchev–Trinajstić information content (AvgIpc) is 3.07. The number of benzene rings is 1. The predicted molar refractivity (Wildman–Crippen MR) is 123 cm³/mol. The monoisotopic (exact) mass is 476 g/mol. The second-order valence-electron chi connectivity index (χ2n) is 8.66. The summed E-state index contributed by atoms with van der Waals surface area (Å²) in [5.41, 5.74) is 3.40. The van der Waals surface area contributed by atoms with Crippen molar-refractivity contribution in [2.75, 3.05) is 11.9 Å². The number of fused-ring (bicyclic) bond motifs is 3. The van der Waals surface area contributed by atoms with E-state index in [2.05, 4.69) is 47.3 Å². The first-order chi connectivity index (χ1) is 13.8. The molecule has 0 bridgehead atoms. The fraction of sp³-hybridized carbons (Fsp3) is 0.522. The Bertz CT molecular complexity index is 937. The molecule has 1 aliphatic carbocycles. The van der Waals surface area contributed by atoms with Crippen LogP contribution in [0.5, 0.6) is 5.75 Å². The Morgan fingerprint density at radius 1 is 1.28 bits per heavy atom. The Morgan fingerprint density at radius 3 is 2.79 bits per heavy atom. The van der Waals surface area contributed by atoms with Crippen LogP contribution in [0.3, 0.4) is 0 Å². The van der Waals surface area contributed by atoms with Gasteiger partial charge in [-0.15, -0.1) is 11.3 Å². The first-order valence-corrected chi connectivity index (χ1v) is 12.1. The summed E-state index contributed by atoms with van der Waals surface area (Å²) in [6.07, 6.45) is 4.12. The van der Waals surface area contributed by atoms with Crippen LogP contribution < -0.4 is 15.4 Å². The maximum absolute atomic E-state index is 13.1. The molecule has 1 aromatic carbocycles. The van der Waals surface area contributed by atoms with Crippen LogP contribution in [0.4, 0.5) is 5.00 Å². The third kappa shape index (κ3) is 3.81. The molecular weight excluding hydrogens is 448 g/mol. The lowest BCUT2D eigenvalue weighted by Gasteiger charge is -2.36. The Labute approximate surface area is 185 Å². The van der Waals surface area contributed by atoms with Crippen LogP contribution in [0.2, 0.25) is 0 Å². The number of nitrogens with one attached hydrogen (secondary N) is 2. The maximum atomic E-state index is 13.1. The minimum Gasteiger partial charge on any atom is -0.493 e. The molecule has 2 aliphatic rings. The van der Waals surface area contributed by atoms with Crippen molar-refractivity contribution >= 4 is 38.2 Å². The van der Waals surface area contributed by atoms with Crippen molar-refractivity contribution in [1.82, 2.24) is 5.32 Å². The van der Waals surface area contributed by atoms with Gasteiger partial charge >= 0.3 is 0 Å². The van der Waals surface area contributed by atoms with E-state index in [0.717, 1.165) is 45.6 Å². The van der Waals surface area contributed by atoms with Crippen LogP contribution >= 0.6 is 27.3 Å². The van der Waals surface area contributed by atoms with Gasteiger partial charge in [-0.05, 0) is 61.3 Å². The number of hydrogen-bond acceptors (Lipinski definition) is 4. The van der Waals surface area contributed by atoms with E-state index in [-0.39, 0.29) is 12.1 Å². The van der Waals surface area contributed by atoms with E-state index < -0.39 is 0 Å². The fourth-order valence-corrected chi connectivity index (χ4v) is 6.17. The minimum absolute atomic E-state index is 0.0249. The molecule has 2 atom stereocenters. The maximum Gasteiger partial charge on any atom is 0.256 e. The number of rotatable bonds is 5. The smallest absolute Gasteiger partial charge is 0.256 e. The predicted octanol–water partition coefficient (Wildman–Crippen LogP) is 6.30. The molecule has 0 spiro atoms. The van der Waals surface area contributed by atoms with Gasteiger partial charge in [0, 0.05) is 14.9 Å². The summed E-state index contributed by atoms with van der Waals surface area (Å²) in [5, 5.41) is 7.74. The van der Waals surface area contributed by atoms with Crippen molar-refractivity contribution in [2.45, 2.75) is 59.5 Å². The second kappa shape index (κ2) is 7.95. The zero-order valence-electron chi connectivity index (χ0n) is 17.5. The normalized spacial score (nSPS) is 21.1. The first kappa shape index (κ1) is 20.7. The summed E-state index contributed by atoms with van der Waals surface area (Å²) in [6, 6.07) is 5.93. The molecule has 4 nitrogen and oxygen atoms in total. The highest BCUT2D eigenvalue weighted by Gasteiger charge is 2.37. The number of amides is 1. The van der Waals surface area contributed by atoms with Gasteiger partial charge in [0.25, 0.3) is 5.91 Å². The van der Waals surface area contributed by atoms with Crippen molar-refractivity contribution in [3.05, 3.63) is 44.2 Å². The minimum atomic E-state index is -0.294. The molecule has 156 valence electrons. The van der Waals surface area contributed by atoms with E-state index in [0.29, 0.717) is 17.9 Å². The molecule has 6 heteroatoms. The molecule has 0 saturated carbocycles. The summed E-state index contributed by atoms with van der Waals surface area (Å²) in [7, 11) is 0. The largest absolute Gasteiger partial charge is 0.493 e. The molecule has 2 N–H and O–H groups in total. The van der Waals surface area contributed by atoms with Gasteiger partial charge in [0.15, 0.2) is 0 Å². The van der Waals surface area contributed by atoms with Gasteiger partial charge < -0.3 is 15.4 Å². The number of carbonyl (C=O) groups excluding carboxylic acids is 1. The highest BCUT2D eigenvalue weighted by Crippen LogP contribution is 2.47. The van der Waals surface area contributed by atoms with Crippen LogP contribution in [-0.2, 0) is 12.8 Å². The van der Waals surface area contributed by atoms with E-state index in [4.69, 9.17) is 4.74 Å². The number of anilines is 1. The molecule has 4 rings (SSSR count). The lowest BCUT2D eigenvalue weighted by molar-refractivity contribution is 0.0934. The molecule has 2 aromatic rings. The lowest BCUT2D eigenvalue weighted by Crippen LogP contribution is -2.38. The Morgan fingerprint density at radius 2 is 2.07 bits per heavy atom. The summed E-state index contributed by atoms with van der Waals surface area (Å²) >= 11 is 5.31. The molecule has 1 aromatic heterocycles. The third-order valence-electron chi connectivity index (χ3n) is 6.64. The van der Waals surface area contributed by atoms with Gasteiger partial charge in [0.1, 0.15) is 16.9 Å². The van der Waals surface area contributed by atoms with Crippen LogP contribution in [-0.4, -0.2) is 12.5 Å². The number of ether oxygens (including phenoxy) is 1. The summed E-state index contributed by atoms with van der Waals surface area (Å²) in [5.74, 6) is 1.49. The van der Waals surface area contributed by atoms with Gasteiger partial charge in [0.2, 0.25) is 0 Å². The first-order valence-electron chi connectivity index (χ1n) is 10.5. The van der Waals surface area contributed by atoms with Crippen molar-refractivity contribution in [3.8, 4) is 5.75 Å². The van der Waals surface area contributed by atoms with Crippen LogP contribution in [0, 0.1) is 11.3 Å². The number of thiophene rings is 1. The van der Waals surface area contributed by atoms with Crippen LogP contribution in [0.1, 0.15) is 73.1 Å². The highest BCUT2D eigenvalue weighted by molar-refractivity contribution is 9.10. The molecule has 1 aliphatic heterocycles. The average molecular weight is 477 g/mol. The molecule has 1 amide bonds. The Hall–Kier alpha value is -1.53. The van der Waals surface area contributed by atoms with E-state index in [1.807, 2.05) is 25.1 Å². The summed E-state index contributed by atoms with van der Waals surface area (Å²) in [6.45, 7) is 9.59. The standard InChI is InChI=1S/C23H29BrN2O2S/c1-5-23(3,4)13-7-9-15-18(11-13)29-22-19(15)21(27)25-20(26-22)16-12-14(24)8-10-17(16)28-6-2/h8,10,12-13,20,26H,5-7,9,11H2,1-4H3,(H,25,27)/t13-,20-/m0/s1. The highest BCUT2D eigenvalue weighted by atomic mass is 79.9. The molecule has 0 radical (unpaired) electrons. The zero-order valence-corrected chi connectivity index (χ0v) is 19.9. The van der Waals surface area contributed by atoms with Gasteiger partial charge in [-0.3, -0.25) is 4.79 Å². The molecule has 0 saturated heterocycles. The van der Waals surface area contributed by atoms with Crippen molar-refractivity contribution in [1.29, 1.82) is 0 Å². The quantitative estimate of drug-likeness (QED) is 0.531. The SMILES string of the molecule is CCOc1ccc(Br)cc1[C@H]1NC(=O)c2c(sc3c2CC[C@H](C(C)(C)CC)C3)N1. The summed E-state index contributed by atoms with van der Waals surface area (Å²) < 4.78 is 6.77. The molecule has 0 unspecified atom stereocenters. The van der Waals surface area contributed by atoms with Crippen molar-refractivity contribution in [3.63, 3.8) is 0 Å². The molecule has 29 heavy (non-hydrogen) atoms. The Kier molecular flexibility index (Phi) is 5.68. The van der Waals surface area contributed by atoms with E-state index in [1.165, 1.54) is 16.9 Å². The molecule has 0 fully saturated rings. The van der Waals surface area contributed by atoms with Gasteiger partial charge in [-0.2, -0.15) is 0 Å². The van der Waals surface area contributed by atoms with Gasteiger partial charge in [-0.1, -0.05) is 43.1 Å². The topological polar surface area (TPSA) is 50.4 Å². The fourth-order valence-electron chi connectivity index (χ4n) is 4.44. The van der Waals surface area contributed by atoms with Crippen molar-refractivity contribution < 1.29 is 9.53 Å². The van der Waals surface area contributed by atoms with Gasteiger partial charge in [0.05, 0.1) is 12.2 Å². The number of hydrogen-bond donors (Lipinski definition) is 2. The number of carbonyl (C=O) groups is 1. The van der Waals surface area contributed by atoms with Gasteiger partial charge in [-0.25, -0.2) is 0 Å². The molecular formula is C23H29BrN2O2S. The van der Waals surface area contributed by atoms with Crippen LogP contribution in [0.15, 0.2) is 22.7 Å². The van der Waals surface area contributed by atoms with E-state index in [9.17, 15) is 4.79 Å².